The molecule has 1 aliphatic heterocycles. The number of likely N-dealkylation sites (N-methyl/N-ethyl adjacent to an activating group) is 1. The highest BCUT2D eigenvalue weighted by molar-refractivity contribution is 5.83. The van der Waals surface area contributed by atoms with Gasteiger partial charge in [-0.1, -0.05) is 29.8 Å². The molecule has 0 aromatic heterocycles. The summed E-state index contributed by atoms with van der Waals surface area (Å²) in [6.07, 6.45) is 1.88. The van der Waals surface area contributed by atoms with Crippen molar-refractivity contribution in [2.75, 3.05) is 20.1 Å². The van der Waals surface area contributed by atoms with E-state index in [9.17, 15) is 4.79 Å². The molecule has 1 heterocycles. The van der Waals surface area contributed by atoms with Crippen molar-refractivity contribution < 1.29 is 4.79 Å². The zero-order chi connectivity index (χ0) is 12.3. The predicted molar refractivity (Wildman–Crippen MR) is 68.9 cm³/mol. The lowest BCUT2D eigenvalue weighted by Crippen LogP contribution is -2.37. The zero-order valence-corrected chi connectivity index (χ0v) is 10.6. The minimum atomic E-state index is 0.0347. The highest BCUT2D eigenvalue weighted by Gasteiger charge is 2.29. The van der Waals surface area contributed by atoms with Crippen LogP contribution >= 0.6 is 0 Å². The van der Waals surface area contributed by atoms with E-state index in [2.05, 4.69) is 36.5 Å². The Morgan fingerprint density at radius 1 is 1.47 bits per heavy atom. The number of likely N-dealkylation sites (tertiary alicyclic amines) is 1. The van der Waals surface area contributed by atoms with Gasteiger partial charge in [0.15, 0.2) is 0 Å². The van der Waals surface area contributed by atoms with Crippen molar-refractivity contribution in [3.63, 3.8) is 0 Å². The topological polar surface area (TPSA) is 32.3 Å². The van der Waals surface area contributed by atoms with E-state index in [4.69, 9.17) is 0 Å². The van der Waals surface area contributed by atoms with Gasteiger partial charge in [-0.3, -0.25) is 4.79 Å². The smallest absolute Gasteiger partial charge is 0.239 e. The maximum Gasteiger partial charge on any atom is 0.239 e. The van der Waals surface area contributed by atoms with Gasteiger partial charge in [0.05, 0.1) is 6.04 Å². The number of hydrogen-bond acceptors (Lipinski definition) is 2. The van der Waals surface area contributed by atoms with Crippen molar-refractivity contribution in [1.29, 1.82) is 0 Å². The summed E-state index contributed by atoms with van der Waals surface area (Å²) in [7, 11) is 1.85. The Hall–Kier alpha value is -1.35. The molecule has 2 rings (SSSR count). The van der Waals surface area contributed by atoms with Crippen LogP contribution in [0.4, 0.5) is 0 Å². The second-order valence-electron chi connectivity index (χ2n) is 4.69. The molecule has 1 aliphatic rings. The van der Waals surface area contributed by atoms with Crippen LogP contribution in [0.5, 0.6) is 0 Å². The van der Waals surface area contributed by atoms with Crippen molar-refractivity contribution in [3.8, 4) is 0 Å². The Morgan fingerprint density at radius 3 is 2.94 bits per heavy atom. The number of carbonyl (C=O) groups excluding carboxylic acids is 1. The molecule has 17 heavy (non-hydrogen) atoms. The molecule has 1 atom stereocenters. The summed E-state index contributed by atoms with van der Waals surface area (Å²) >= 11 is 0. The lowest BCUT2D eigenvalue weighted by molar-refractivity contribution is -0.129. The van der Waals surface area contributed by atoms with E-state index in [0.29, 0.717) is 0 Å². The quantitative estimate of drug-likeness (QED) is 0.850. The van der Waals surface area contributed by atoms with Crippen molar-refractivity contribution >= 4 is 5.91 Å². The third-order valence-corrected chi connectivity index (χ3v) is 3.40. The number of carbonyl (C=O) groups is 1. The fraction of sp³-hybridized carbons (Fsp3) is 0.500. The van der Waals surface area contributed by atoms with Crippen LogP contribution in [0.15, 0.2) is 24.3 Å². The van der Waals surface area contributed by atoms with Crippen LogP contribution in [0.2, 0.25) is 0 Å². The predicted octanol–water partition coefficient (Wildman–Crippen LogP) is 1.36. The van der Waals surface area contributed by atoms with Crippen LogP contribution in [0.25, 0.3) is 0 Å². The first-order valence-corrected chi connectivity index (χ1v) is 6.22. The molecule has 0 radical (unpaired) electrons. The van der Waals surface area contributed by atoms with Gasteiger partial charge in [0, 0.05) is 13.1 Å². The van der Waals surface area contributed by atoms with Gasteiger partial charge >= 0.3 is 0 Å². The van der Waals surface area contributed by atoms with Crippen LogP contribution in [-0.2, 0) is 11.2 Å². The van der Waals surface area contributed by atoms with Gasteiger partial charge in [0.1, 0.15) is 0 Å². The molecule has 0 aliphatic carbocycles. The summed E-state index contributed by atoms with van der Waals surface area (Å²) in [6, 6.07) is 8.53. The van der Waals surface area contributed by atoms with Crippen LogP contribution in [-0.4, -0.2) is 37.0 Å². The molecular weight excluding hydrogens is 212 g/mol. The third kappa shape index (κ3) is 2.86. The summed E-state index contributed by atoms with van der Waals surface area (Å²) in [5.41, 5.74) is 2.59. The maximum absolute atomic E-state index is 11.9. The largest absolute Gasteiger partial charge is 0.341 e. The van der Waals surface area contributed by atoms with Gasteiger partial charge in [-0.25, -0.2) is 0 Å². The molecule has 3 nitrogen and oxygen atoms in total. The number of nitrogens with one attached hydrogen (secondary N) is 1. The Balaban J connectivity index is 1.89. The molecule has 1 unspecified atom stereocenters. The van der Waals surface area contributed by atoms with E-state index < -0.39 is 0 Å². The average molecular weight is 232 g/mol. The normalized spacial score (nSPS) is 20.0. The van der Waals surface area contributed by atoms with E-state index in [1.54, 1.807) is 0 Å². The number of nitrogens with zero attached hydrogens (tertiary/aromatic N) is 1. The van der Waals surface area contributed by atoms with Crippen molar-refractivity contribution in [2.45, 2.75) is 25.8 Å². The van der Waals surface area contributed by atoms with E-state index >= 15 is 0 Å². The standard InChI is InChI=1S/C14H20N2O/c1-11-4-3-5-12(10-11)6-8-16-9-7-13(15-2)14(16)17/h3-5,10,13,15H,6-9H2,1-2H3. The molecule has 0 bridgehead atoms. The molecule has 1 amide bonds. The van der Waals surface area contributed by atoms with Crippen LogP contribution < -0.4 is 5.32 Å². The van der Waals surface area contributed by atoms with Crippen LogP contribution in [0.3, 0.4) is 0 Å². The first kappa shape index (κ1) is 12.1. The minimum absolute atomic E-state index is 0.0347. The highest BCUT2D eigenvalue weighted by Crippen LogP contribution is 2.12. The van der Waals surface area contributed by atoms with Gasteiger partial charge in [0.25, 0.3) is 0 Å². The van der Waals surface area contributed by atoms with Crippen molar-refractivity contribution in [3.05, 3.63) is 35.4 Å². The summed E-state index contributed by atoms with van der Waals surface area (Å²) in [5.74, 6) is 0.250. The summed E-state index contributed by atoms with van der Waals surface area (Å²) in [5, 5.41) is 3.06. The fourth-order valence-electron chi connectivity index (χ4n) is 2.36. The first-order chi connectivity index (χ1) is 8.20. The van der Waals surface area contributed by atoms with Crippen molar-refractivity contribution in [2.24, 2.45) is 0 Å². The Bertz CT molecular complexity index is 403. The molecule has 1 N–H and O–H groups in total. The van der Waals surface area contributed by atoms with Gasteiger partial charge in [-0.05, 0) is 32.4 Å². The monoisotopic (exact) mass is 232 g/mol. The lowest BCUT2D eigenvalue weighted by atomic mass is 10.1. The molecule has 1 aromatic rings. The Kier molecular flexibility index (Phi) is 3.79. The summed E-state index contributed by atoms with van der Waals surface area (Å²) in [6.45, 7) is 3.82. The van der Waals surface area contributed by atoms with E-state index in [0.717, 1.165) is 25.9 Å². The molecule has 3 heteroatoms. The Labute approximate surface area is 103 Å². The highest BCUT2D eigenvalue weighted by atomic mass is 16.2. The number of benzene rings is 1. The second-order valence-corrected chi connectivity index (χ2v) is 4.69. The minimum Gasteiger partial charge on any atom is -0.341 e. The van der Waals surface area contributed by atoms with E-state index in [1.165, 1.54) is 11.1 Å². The van der Waals surface area contributed by atoms with Gasteiger partial charge in [-0.2, -0.15) is 0 Å². The summed E-state index contributed by atoms with van der Waals surface area (Å²) < 4.78 is 0. The number of aryl methyl sites for hydroxylation is 1. The van der Waals surface area contributed by atoms with Gasteiger partial charge in [0.2, 0.25) is 5.91 Å². The SMILES string of the molecule is CNC1CCN(CCc2cccc(C)c2)C1=O. The summed E-state index contributed by atoms with van der Waals surface area (Å²) in [4.78, 5) is 13.8. The maximum atomic E-state index is 11.9. The van der Waals surface area contributed by atoms with Gasteiger partial charge < -0.3 is 10.2 Å². The van der Waals surface area contributed by atoms with E-state index in [1.807, 2.05) is 11.9 Å². The van der Waals surface area contributed by atoms with Crippen LogP contribution in [0, 0.1) is 6.92 Å². The van der Waals surface area contributed by atoms with Crippen molar-refractivity contribution in [1.82, 2.24) is 10.2 Å². The number of rotatable bonds is 4. The molecule has 92 valence electrons. The Morgan fingerprint density at radius 2 is 2.29 bits per heavy atom. The second kappa shape index (κ2) is 5.32. The molecule has 1 saturated heterocycles. The molecule has 0 spiro atoms. The van der Waals surface area contributed by atoms with Gasteiger partial charge in [-0.15, -0.1) is 0 Å². The number of hydrogen-bond donors (Lipinski definition) is 1. The van der Waals surface area contributed by atoms with Crippen LogP contribution in [0.1, 0.15) is 17.5 Å². The third-order valence-electron chi connectivity index (χ3n) is 3.40. The number of amides is 1. The fourth-order valence-corrected chi connectivity index (χ4v) is 2.36. The lowest BCUT2D eigenvalue weighted by Gasteiger charge is -2.16. The zero-order valence-electron chi connectivity index (χ0n) is 10.6. The molecule has 1 fully saturated rings. The van der Waals surface area contributed by atoms with E-state index in [-0.39, 0.29) is 11.9 Å². The first-order valence-electron chi connectivity index (χ1n) is 6.22. The molecule has 0 saturated carbocycles. The molecular formula is C14H20N2O. The average Bonchev–Trinajstić information content (AvgIpc) is 2.67. The molecule has 1 aromatic carbocycles.